The van der Waals surface area contributed by atoms with E-state index in [0.717, 1.165) is 40.4 Å². The number of hydrogen-bond donors (Lipinski definition) is 0. The zero-order chi connectivity index (χ0) is 26.7. The molecule has 202 valence electrons. The van der Waals surface area contributed by atoms with Gasteiger partial charge in [-0.05, 0) is 79.2 Å². The molecular formula is C29H39O6S2+. The van der Waals surface area contributed by atoms with Gasteiger partial charge in [-0.1, -0.05) is 39.0 Å². The van der Waals surface area contributed by atoms with Crippen molar-refractivity contribution in [2.24, 2.45) is 0 Å². The van der Waals surface area contributed by atoms with Crippen molar-refractivity contribution in [2.75, 3.05) is 27.1 Å². The standard InChI is InChI=1S/C29H38O6S2/c1-5-6-7-8-9-10-23-36(30,31)35-37(27-17-11-24(32-2)12-18-27,28-19-13-25(33-3)14-20-28)29-21-15-26(34-4)16-22-29/h11-22H,5-10,23H2,1-4H3/p+1. The van der Waals surface area contributed by atoms with Crippen LogP contribution in [0.5, 0.6) is 17.2 Å². The van der Waals surface area contributed by atoms with Gasteiger partial charge in [0.2, 0.25) is 0 Å². The summed E-state index contributed by atoms with van der Waals surface area (Å²) in [6, 6.07) is 22.5. The maximum Gasteiger partial charge on any atom is 0.390 e. The highest BCUT2D eigenvalue weighted by Gasteiger charge is 2.42. The van der Waals surface area contributed by atoms with Gasteiger partial charge in [-0.25, -0.2) is 0 Å². The van der Waals surface area contributed by atoms with Gasteiger partial charge in [-0.2, -0.15) is 8.42 Å². The van der Waals surface area contributed by atoms with Gasteiger partial charge in [-0.3, -0.25) is 3.63 Å². The van der Waals surface area contributed by atoms with Crippen LogP contribution in [0.3, 0.4) is 0 Å². The summed E-state index contributed by atoms with van der Waals surface area (Å²) in [6.07, 6.45) is 5.98. The zero-order valence-electron chi connectivity index (χ0n) is 22.2. The topological polar surface area (TPSA) is 74.6 Å². The molecule has 0 unspecified atom stereocenters. The van der Waals surface area contributed by atoms with Gasteiger partial charge in [-0.15, -0.1) is 0 Å². The summed E-state index contributed by atoms with van der Waals surface area (Å²) in [5.74, 6) is 2.10. The molecule has 0 saturated carbocycles. The molecule has 0 saturated heterocycles. The van der Waals surface area contributed by atoms with Gasteiger partial charge in [0.05, 0.1) is 46.3 Å². The molecule has 0 fully saturated rings. The lowest BCUT2D eigenvalue weighted by Crippen LogP contribution is -2.21. The SMILES string of the molecule is CCCCCCCCS(=O)(=O)[OH+]S(c1ccc(OC)cc1)(c1ccc(OC)cc1)c1ccc(OC)cc1. The fourth-order valence-electron chi connectivity index (χ4n) is 4.13. The minimum atomic E-state index is -3.76. The number of hydrogen-bond acceptors (Lipinski definition) is 5. The first-order valence-electron chi connectivity index (χ1n) is 12.6. The molecule has 0 aromatic heterocycles. The smallest absolute Gasteiger partial charge is 0.390 e. The summed E-state index contributed by atoms with van der Waals surface area (Å²) in [4.78, 5) is 2.40. The van der Waals surface area contributed by atoms with Crippen molar-refractivity contribution in [3.63, 3.8) is 0 Å². The maximum atomic E-state index is 13.6. The highest BCUT2D eigenvalue weighted by Crippen LogP contribution is 2.68. The normalized spacial score (nSPS) is 12.2. The molecule has 1 N–H and O–H groups in total. The molecule has 0 spiro atoms. The average molecular weight is 548 g/mol. The van der Waals surface area contributed by atoms with Gasteiger partial charge in [0.25, 0.3) is 0 Å². The molecule has 3 aromatic rings. The minimum absolute atomic E-state index is 0.0241. The maximum absolute atomic E-state index is 13.6. The van der Waals surface area contributed by atoms with E-state index in [1.165, 1.54) is 6.42 Å². The molecule has 0 aliphatic rings. The van der Waals surface area contributed by atoms with Crippen molar-refractivity contribution in [2.45, 2.75) is 60.1 Å². The van der Waals surface area contributed by atoms with Gasteiger partial charge >= 0.3 is 10.1 Å². The molecular weight excluding hydrogens is 508 g/mol. The molecule has 37 heavy (non-hydrogen) atoms. The number of ether oxygens (including phenoxy) is 3. The van der Waals surface area contributed by atoms with Gasteiger partial charge < -0.3 is 14.2 Å². The molecule has 0 bridgehead atoms. The predicted octanol–water partition coefficient (Wildman–Crippen LogP) is 7.69. The van der Waals surface area contributed by atoms with E-state index in [9.17, 15) is 8.42 Å². The lowest BCUT2D eigenvalue weighted by molar-refractivity contribution is 0.384. The molecule has 6 nitrogen and oxygen atoms in total. The summed E-state index contributed by atoms with van der Waals surface area (Å²) in [7, 11) is -1.48. The summed E-state index contributed by atoms with van der Waals surface area (Å²) in [5.41, 5.74) is 0. The highest BCUT2D eigenvalue weighted by molar-refractivity contribution is 8.32. The minimum Gasteiger partial charge on any atom is -0.497 e. The Morgan fingerprint density at radius 3 is 1.27 bits per heavy atom. The van der Waals surface area contributed by atoms with Gasteiger partial charge in [0, 0.05) is 0 Å². The Hall–Kier alpha value is -2.68. The molecule has 0 radical (unpaired) electrons. The van der Waals surface area contributed by atoms with Crippen LogP contribution in [-0.4, -0.2) is 39.1 Å². The van der Waals surface area contributed by atoms with Crippen LogP contribution in [0, 0.1) is 0 Å². The first-order valence-corrected chi connectivity index (χ1v) is 15.8. The van der Waals surface area contributed by atoms with Gasteiger partial charge in [0.15, 0.2) is 0 Å². The van der Waals surface area contributed by atoms with E-state index in [1.807, 2.05) is 72.8 Å². The number of unbranched alkanes of at least 4 members (excludes halogenated alkanes) is 5. The predicted molar refractivity (Wildman–Crippen MR) is 151 cm³/mol. The van der Waals surface area contributed by atoms with Gasteiger partial charge in [0.1, 0.15) is 23.0 Å². The van der Waals surface area contributed by atoms with Crippen LogP contribution in [0.1, 0.15) is 45.4 Å². The van der Waals surface area contributed by atoms with Crippen molar-refractivity contribution in [1.82, 2.24) is 0 Å². The van der Waals surface area contributed by atoms with Crippen LogP contribution < -0.4 is 14.2 Å². The van der Waals surface area contributed by atoms with E-state index in [2.05, 4.69) is 6.92 Å². The molecule has 3 aromatic carbocycles. The Bertz CT molecular complexity index is 1070. The van der Waals surface area contributed by atoms with E-state index in [-0.39, 0.29) is 5.75 Å². The number of benzene rings is 3. The number of rotatable bonds is 15. The Kier molecular flexibility index (Phi) is 10.7. The number of methoxy groups -OCH3 is 3. The Morgan fingerprint density at radius 1 is 0.568 bits per heavy atom. The van der Waals surface area contributed by atoms with E-state index < -0.39 is 20.4 Å². The lowest BCUT2D eigenvalue weighted by atomic mass is 10.1. The van der Waals surface area contributed by atoms with Crippen LogP contribution in [0.4, 0.5) is 0 Å². The van der Waals surface area contributed by atoms with Crippen LogP contribution in [0.15, 0.2) is 87.5 Å². The van der Waals surface area contributed by atoms with E-state index in [0.29, 0.717) is 23.7 Å². The molecule has 3 rings (SSSR count). The molecule has 0 amide bonds. The lowest BCUT2D eigenvalue weighted by Gasteiger charge is -2.35. The van der Waals surface area contributed by atoms with E-state index in [4.69, 9.17) is 17.8 Å². The fourth-order valence-corrected chi connectivity index (χ4v) is 9.80. The van der Waals surface area contributed by atoms with E-state index >= 15 is 0 Å². The Morgan fingerprint density at radius 2 is 0.919 bits per heavy atom. The Balaban J connectivity index is 2.11. The molecule has 0 atom stereocenters. The molecule has 0 aliphatic heterocycles. The fraction of sp³-hybridized carbons (Fsp3) is 0.379. The first kappa shape index (κ1) is 28.9. The third-order valence-corrected chi connectivity index (χ3v) is 11.7. The third-order valence-electron chi connectivity index (χ3n) is 6.18. The Labute approximate surface area is 223 Å². The monoisotopic (exact) mass is 547 g/mol. The quantitative estimate of drug-likeness (QED) is 0.111. The highest BCUT2D eigenvalue weighted by atomic mass is 32.3. The van der Waals surface area contributed by atoms with Crippen molar-refractivity contribution >= 4 is 20.4 Å². The van der Waals surface area contributed by atoms with Crippen LogP contribution in [0.25, 0.3) is 0 Å². The second kappa shape index (κ2) is 13.7. The zero-order valence-corrected chi connectivity index (χ0v) is 23.8. The van der Waals surface area contributed by atoms with Crippen LogP contribution in [-0.2, 0) is 10.1 Å². The molecule has 0 heterocycles. The summed E-state index contributed by atoms with van der Waals surface area (Å²) in [6.45, 7) is 2.17. The summed E-state index contributed by atoms with van der Waals surface area (Å²) in [5, 5.41) is 0. The van der Waals surface area contributed by atoms with Crippen molar-refractivity contribution < 1.29 is 26.3 Å². The van der Waals surface area contributed by atoms with E-state index in [1.54, 1.807) is 21.3 Å². The summed E-state index contributed by atoms with van der Waals surface area (Å²) >= 11 is 0. The third kappa shape index (κ3) is 7.43. The van der Waals surface area contributed by atoms with Crippen molar-refractivity contribution in [3.8, 4) is 17.2 Å². The second-order valence-corrected chi connectivity index (χ2v) is 13.5. The first-order chi connectivity index (χ1) is 17.9. The molecule has 0 aliphatic carbocycles. The van der Waals surface area contributed by atoms with Crippen molar-refractivity contribution in [1.29, 1.82) is 0 Å². The largest absolute Gasteiger partial charge is 0.497 e. The van der Waals surface area contributed by atoms with Crippen LogP contribution >= 0.6 is 10.3 Å². The summed E-state index contributed by atoms with van der Waals surface area (Å²) < 4.78 is 48.1. The average Bonchev–Trinajstić information content (AvgIpc) is 2.94. The van der Waals surface area contributed by atoms with Crippen LogP contribution in [0.2, 0.25) is 0 Å². The second-order valence-electron chi connectivity index (χ2n) is 8.73. The van der Waals surface area contributed by atoms with Crippen molar-refractivity contribution in [3.05, 3.63) is 72.8 Å². The molecule has 8 heteroatoms.